The van der Waals surface area contributed by atoms with Gasteiger partial charge in [-0.2, -0.15) is 0 Å². The van der Waals surface area contributed by atoms with Crippen LogP contribution in [0.5, 0.6) is 0 Å². The van der Waals surface area contributed by atoms with Crippen molar-refractivity contribution < 1.29 is 4.74 Å². The van der Waals surface area contributed by atoms with Crippen LogP contribution in [0.15, 0.2) is 24.3 Å². The lowest BCUT2D eigenvalue weighted by atomic mass is 9.78. The summed E-state index contributed by atoms with van der Waals surface area (Å²) in [5, 5.41) is 0. The lowest BCUT2D eigenvalue weighted by Gasteiger charge is -2.40. The number of benzene rings is 1. The molecule has 1 radical (unpaired) electrons. The molecule has 2 aliphatic rings. The summed E-state index contributed by atoms with van der Waals surface area (Å²) in [7, 11) is 0. The highest BCUT2D eigenvalue weighted by Crippen LogP contribution is 2.33. The highest BCUT2D eigenvalue weighted by molar-refractivity contribution is 5.40. The van der Waals surface area contributed by atoms with Gasteiger partial charge in [0.15, 0.2) is 0 Å². The third-order valence-corrected chi connectivity index (χ3v) is 4.42. The van der Waals surface area contributed by atoms with Crippen molar-refractivity contribution >= 4 is 0 Å². The van der Waals surface area contributed by atoms with Crippen LogP contribution in [-0.4, -0.2) is 55.7 Å². The molecule has 1 aromatic rings. The zero-order chi connectivity index (χ0) is 14.0. The van der Waals surface area contributed by atoms with E-state index >= 15 is 0 Å². The molecule has 0 unspecified atom stereocenters. The van der Waals surface area contributed by atoms with E-state index < -0.39 is 0 Å². The van der Waals surface area contributed by atoms with Gasteiger partial charge in [-0.25, -0.2) is 0 Å². The summed E-state index contributed by atoms with van der Waals surface area (Å²) in [4.78, 5) is 4.99. The lowest BCUT2D eigenvalue weighted by molar-refractivity contribution is 0.0338. The Bertz CT molecular complexity index is 452. The first-order valence-electron chi connectivity index (χ1n) is 7.64. The molecular weight excluding hydrogens is 248 g/mol. The van der Waals surface area contributed by atoms with Crippen molar-refractivity contribution in [3.05, 3.63) is 41.9 Å². The van der Waals surface area contributed by atoms with Crippen molar-refractivity contribution in [2.45, 2.75) is 19.3 Å². The Morgan fingerprint density at radius 1 is 1.10 bits per heavy atom. The summed E-state index contributed by atoms with van der Waals surface area (Å²) >= 11 is 0. The highest BCUT2D eigenvalue weighted by atomic mass is 16.5. The van der Waals surface area contributed by atoms with Crippen molar-refractivity contribution in [3.63, 3.8) is 0 Å². The molecule has 1 fully saturated rings. The summed E-state index contributed by atoms with van der Waals surface area (Å²) in [6.45, 7) is 14.3. The molecular formula is C17H25N2O. The van der Waals surface area contributed by atoms with Crippen LogP contribution in [0, 0.1) is 6.54 Å². The van der Waals surface area contributed by atoms with Gasteiger partial charge in [-0.3, -0.25) is 9.80 Å². The van der Waals surface area contributed by atoms with Crippen LogP contribution in [0.1, 0.15) is 25.0 Å². The topological polar surface area (TPSA) is 15.7 Å². The standard InChI is InChI=1S/C17H25N2O/c1-17(2)14-19(8-7-18-9-11-20-12-10-18)13-15-5-3-4-6-16(15)17/h3-6,13H,7-12,14H2,1-2H3. The molecule has 20 heavy (non-hydrogen) atoms. The predicted octanol–water partition coefficient (Wildman–Crippen LogP) is 2.12. The zero-order valence-electron chi connectivity index (χ0n) is 12.6. The maximum atomic E-state index is 5.41. The molecule has 2 heterocycles. The minimum Gasteiger partial charge on any atom is -0.379 e. The van der Waals surface area contributed by atoms with Gasteiger partial charge in [0.1, 0.15) is 0 Å². The van der Waals surface area contributed by atoms with Gasteiger partial charge in [0.05, 0.1) is 19.8 Å². The Morgan fingerprint density at radius 3 is 2.65 bits per heavy atom. The van der Waals surface area contributed by atoms with Crippen LogP contribution in [0.3, 0.4) is 0 Å². The van der Waals surface area contributed by atoms with E-state index in [2.05, 4.69) is 54.5 Å². The summed E-state index contributed by atoms with van der Waals surface area (Å²) in [5.74, 6) is 0. The van der Waals surface area contributed by atoms with Gasteiger partial charge in [0.25, 0.3) is 0 Å². The predicted molar refractivity (Wildman–Crippen MR) is 81.7 cm³/mol. The van der Waals surface area contributed by atoms with Gasteiger partial charge < -0.3 is 4.74 Å². The third-order valence-electron chi connectivity index (χ3n) is 4.42. The fourth-order valence-electron chi connectivity index (χ4n) is 3.30. The van der Waals surface area contributed by atoms with E-state index in [0.29, 0.717) is 0 Å². The van der Waals surface area contributed by atoms with Crippen LogP contribution < -0.4 is 0 Å². The number of morpholine rings is 1. The molecule has 3 nitrogen and oxygen atoms in total. The van der Waals surface area contributed by atoms with E-state index in [1.54, 1.807) is 0 Å². The number of fused-ring (bicyclic) bond motifs is 1. The largest absolute Gasteiger partial charge is 0.379 e. The van der Waals surface area contributed by atoms with Gasteiger partial charge in [-0.15, -0.1) is 0 Å². The third kappa shape index (κ3) is 3.05. The lowest BCUT2D eigenvalue weighted by Crippen LogP contribution is -2.46. The second kappa shape index (κ2) is 5.84. The fourth-order valence-corrected chi connectivity index (χ4v) is 3.30. The zero-order valence-corrected chi connectivity index (χ0v) is 12.6. The second-order valence-electron chi connectivity index (χ2n) is 6.52. The van der Waals surface area contributed by atoms with Gasteiger partial charge in [-0.05, 0) is 11.1 Å². The van der Waals surface area contributed by atoms with Crippen molar-refractivity contribution in [2.24, 2.45) is 0 Å². The SMILES string of the molecule is CC1(C)CN(CCN2CCOCC2)[CH]c2ccccc21. The Morgan fingerprint density at radius 2 is 1.85 bits per heavy atom. The van der Waals surface area contributed by atoms with Crippen LogP contribution in [0.2, 0.25) is 0 Å². The molecule has 3 rings (SSSR count). The van der Waals surface area contributed by atoms with E-state index in [-0.39, 0.29) is 5.41 Å². The number of ether oxygens (including phenoxy) is 1. The van der Waals surface area contributed by atoms with Crippen molar-refractivity contribution in [1.82, 2.24) is 9.80 Å². The number of hydrogen-bond donors (Lipinski definition) is 0. The second-order valence-corrected chi connectivity index (χ2v) is 6.52. The molecule has 0 spiro atoms. The van der Waals surface area contributed by atoms with E-state index in [0.717, 1.165) is 45.9 Å². The maximum Gasteiger partial charge on any atom is 0.0594 e. The molecule has 0 aliphatic carbocycles. The molecule has 3 heteroatoms. The first-order chi connectivity index (χ1) is 9.65. The highest BCUT2D eigenvalue weighted by Gasteiger charge is 2.31. The minimum atomic E-state index is 0.232. The average Bonchev–Trinajstić information content (AvgIpc) is 2.46. The molecule has 0 bridgehead atoms. The molecule has 1 aromatic carbocycles. The van der Waals surface area contributed by atoms with Crippen LogP contribution in [0.25, 0.3) is 0 Å². The average molecular weight is 273 g/mol. The molecule has 0 aromatic heterocycles. The van der Waals surface area contributed by atoms with Gasteiger partial charge in [0, 0.05) is 38.1 Å². The molecule has 1 saturated heterocycles. The minimum absolute atomic E-state index is 0.232. The molecule has 0 atom stereocenters. The molecule has 2 aliphatic heterocycles. The normalized spacial score (nSPS) is 23.5. The van der Waals surface area contributed by atoms with E-state index in [1.807, 2.05) is 0 Å². The number of rotatable bonds is 3. The summed E-state index contributed by atoms with van der Waals surface area (Å²) in [6.07, 6.45) is 0. The Kier molecular flexibility index (Phi) is 4.11. The maximum absolute atomic E-state index is 5.41. The van der Waals surface area contributed by atoms with Gasteiger partial charge in [0.2, 0.25) is 0 Å². The smallest absolute Gasteiger partial charge is 0.0594 e. The van der Waals surface area contributed by atoms with Crippen LogP contribution in [-0.2, 0) is 10.2 Å². The summed E-state index contributed by atoms with van der Waals surface area (Å²) in [6, 6.07) is 8.79. The van der Waals surface area contributed by atoms with E-state index in [1.165, 1.54) is 11.1 Å². The molecule has 0 amide bonds. The van der Waals surface area contributed by atoms with Crippen LogP contribution in [0.4, 0.5) is 0 Å². The quantitative estimate of drug-likeness (QED) is 0.839. The summed E-state index contributed by atoms with van der Waals surface area (Å²) in [5.41, 5.74) is 3.09. The van der Waals surface area contributed by atoms with Crippen molar-refractivity contribution in [2.75, 3.05) is 45.9 Å². The Labute approximate surface area is 122 Å². The monoisotopic (exact) mass is 273 g/mol. The van der Waals surface area contributed by atoms with Gasteiger partial charge in [-0.1, -0.05) is 38.1 Å². The van der Waals surface area contributed by atoms with Gasteiger partial charge >= 0.3 is 0 Å². The Hall–Kier alpha value is -0.900. The number of nitrogens with zero attached hydrogens (tertiary/aromatic N) is 2. The van der Waals surface area contributed by atoms with Crippen molar-refractivity contribution in [3.8, 4) is 0 Å². The van der Waals surface area contributed by atoms with Crippen molar-refractivity contribution in [1.29, 1.82) is 0 Å². The number of hydrogen-bond acceptors (Lipinski definition) is 3. The van der Waals surface area contributed by atoms with E-state index in [4.69, 9.17) is 4.74 Å². The first kappa shape index (κ1) is 14.1. The van der Waals surface area contributed by atoms with Crippen LogP contribution >= 0.6 is 0 Å². The first-order valence-corrected chi connectivity index (χ1v) is 7.64. The Balaban J connectivity index is 1.62. The van der Waals surface area contributed by atoms with E-state index in [9.17, 15) is 0 Å². The molecule has 109 valence electrons. The molecule has 0 N–H and O–H groups in total. The fraction of sp³-hybridized carbons (Fsp3) is 0.588. The molecule has 0 saturated carbocycles. The summed E-state index contributed by atoms with van der Waals surface area (Å²) < 4.78 is 5.41.